The minimum atomic E-state index is -0.587. The number of nitrogens with one attached hydrogen (secondary N) is 2. The van der Waals surface area contributed by atoms with Gasteiger partial charge in [-0.05, 0) is 25.0 Å². The number of anilines is 1. The van der Waals surface area contributed by atoms with Gasteiger partial charge in [0.1, 0.15) is 11.7 Å². The predicted octanol–water partition coefficient (Wildman–Crippen LogP) is 1.37. The number of carbonyl (C=O) groups is 2. The number of Topliss-reactive ketones (excluding diaryl/α,β-unsaturated/α-hetero) is 1. The molecule has 2 fully saturated rings. The Hall–Kier alpha value is -1.75. The summed E-state index contributed by atoms with van der Waals surface area (Å²) in [5.74, 6) is -0.225. The highest BCUT2D eigenvalue weighted by molar-refractivity contribution is 6.08. The van der Waals surface area contributed by atoms with Crippen LogP contribution >= 0.6 is 0 Å². The highest BCUT2D eigenvalue weighted by Gasteiger charge is 2.41. The lowest BCUT2D eigenvalue weighted by Crippen LogP contribution is -2.55. The van der Waals surface area contributed by atoms with Gasteiger partial charge in [0.2, 0.25) is 5.91 Å². The minimum absolute atomic E-state index is 0.0111. The first-order valence-electron chi connectivity index (χ1n) is 7.25. The number of amides is 1. The van der Waals surface area contributed by atoms with Crippen LogP contribution in [0, 0.1) is 11.8 Å². The van der Waals surface area contributed by atoms with E-state index in [-0.39, 0.29) is 23.7 Å². The van der Waals surface area contributed by atoms with Crippen molar-refractivity contribution < 1.29 is 9.59 Å². The Balaban J connectivity index is 1.68. The zero-order chi connectivity index (χ0) is 13.9. The van der Waals surface area contributed by atoms with Crippen molar-refractivity contribution in [3.8, 4) is 0 Å². The molecule has 3 unspecified atom stereocenters. The molecular formula is C15H19N3O2. The zero-order valence-electron chi connectivity index (χ0n) is 11.3. The molecule has 1 aliphatic carbocycles. The topological polar surface area (TPSA) is 71.1 Å². The number of rotatable bonds is 2. The fourth-order valence-electron chi connectivity index (χ4n) is 3.22. The first-order valence-corrected chi connectivity index (χ1v) is 7.25. The molecule has 3 rings (SSSR count). The van der Waals surface area contributed by atoms with E-state index < -0.39 is 5.92 Å². The molecule has 0 spiro atoms. The summed E-state index contributed by atoms with van der Waals surface area (Å²) < 4.78 is 0. The molecular weight excluding hydrogens is 254 g/mol. The zero-order valence-corrected chi connectivity index (χ0v) is 11.3. The molecule has 1 saturated carbocycles. The maximum absolute atomic E-state index is 12.5. The van der Waals surface area contributed by atoms with Gasteiger partial charge in [-0.1, -0.05) is 18.9 Å². The van der Waals surface area contributed by atoms with E-state index in [2.05, 4.69) is 15.6 Å². The van der Waals surface area contributed by atoms with Gasteiger partial charge in [0.05, 0.1) is 0 Å². The molecule has 1 aromatic heterocycles. The largest absolute Gasteiger partial charge is 0.312 e. The highest BCUT2D eigenvalue weighted by atomic mass is 16.2. The number of aromatic nitrogens is 1. The Kier molecular flexibility index (Phi) is 3.78. The normalized spacial score (nSPS) is 29.6. The SMILES string of the molecule is O=C(Nc1ccccn1)C1CNC2CCCCC2C1=O. The van der Waals surface area contributed by atoms with Gasteiger partial charge in [0.15, 0.2) is 5.78 Å². The van der Waals surface area contributed by atoms with Crippen LogP contribution in [0.15, 0.2) is 24.4 Å². The van der Waals surface area contributed by atoms with Crippen LogP contribution in [-0.4, -0.2) is 29.3 Å². The van der Waals surface area contributed by atoms with Crippen molar-refractivity contribution in [2.45, 2.75) is 31.7 Å². The molecule has 2 aliphatic rings. The summed E-state index contributed by atoms with van der Waals surface area (Å²) in [6.45, 7) is 0.443. The average Bonchev–Trinajstić information content (AvgIpc) is 2.49. The molecule has 1 aromatic rings. The highest BCUT2D eigenvalue weighted by Crippen LogP contribution is 2.30. The molecule has 3 atom stereocenters. The smallest absolute Gasteiger partial charge is 0.237 e. The summed E-state index contributed by atoms with van der Waals surface area (Å²) >= 11 is 0. The van der Waals surface area contributed by atoms with E-state index in [1.807, 2.05) is 0 Å². The molecule has 2 heterocycles. The maximum atomic E-state index is 12.5. The van der Waals surface area contributed by atoms with Gasteiger partial charge in [-0.3, -0.25) is 9.59 Å². The van der Waals surface area contributed by atoms with Crippen LogP contribution in [0.2, 0.25) is 0 Å². The third-order valence-electron chi connectivity index (χ3n) is 4.29. The molecule has 20 heavy (non-hydrogen) atoms. The number of nitrogens with zero attached hydrogens (tertiary/aromatic N) is 1. The van der Waals surface area contributed by atoms with Gasteiger partial charge in [-0.15, -0.1) is 0 Å². The second-order valence-electron chi connectivity index (χ2n) is 5.56. The molecule has 1 saturated heterocycles. The maximum Gasteiger partial charge on any atom is 0.237 e. The third kappa shape index (κ3) is 2.58. The number of piperidine rings is 1. The molecule has 0 radical (unpaired) electrons. The lowest BCUT2D eigenvalue weighted by atomic mass is 9.75. The molecule has 0 aromatic carbocycles. The van der Waals surface area contributed by atoms with Crippen LogP contribution < -0.4 is 10.6 Å². The van der Waals surface area contributed by atoms with E-state index >= 15 is 0 Å². The van der Waals surface area contributed by atoms with Crippen molar-refractivity contribution in [3.05, 3.63) is 24.4 Å². The van der Waals surface area contributed by atoms with Crippen LogP contribution in [0.5, 0.6) is 0 Å². The number of carbonyl (C=O) groups excluding carboxylic acids is 2. The summed E-state index contributed by atoms with van der Waals surface area (Å²) in [5.41, 5.74) is 0. The second-order valence-corrected chi connectivity index (χ2v) is 5.56. The second kappa shape index (κ2) is 5.71. The first-order chi connectivity index (χ1) is 9.75. The molecule has 5 heteroatoms. The van der Waals surface area contributed by atoms with E-state index in [1.54, 1.807) is 24.4 Å². The monoisotopic (exact) mass is 273 g/mol. The van der Waals surface area contributed by atoms with Gasteiger partial charge in [0.25, 0.3) is 0 Å². The predicted molar refractivity (Wildman–Crippen MR) is 75.1 cm³/mol. The summed E-state index contributed by atoms with van der Waals surface area (Å²) in [6.07, 6.45) is 5.83. The quantitative estimate of drug-likeness (QED) is 0.798. The van der Waals surface area contributed by atoms with Gasteiger partial charge >= 0.3 is 0 Å². The number of hydrogen-bond donors (Lipinski definition) is 2. The van der Waals surface area contributed by atoms with Crippen LogP contribution in [0.25, 0.3) is 0 Å². The fraction of sp³-hybridized carbons (Fsp3) is 0.533. The van der Waals surface area contributed by atoms with Crippen molar-refractivity contribution >= 4 is 17.5 Å². The van der Waals surface area contributed by atoms with E-state index in [0.717, 1.165) is 19.3 Å². The van der Waals surface area contributed by atoms with Crippen molar-refractivity contribution in [3.63, 3.8) is 0 Å². The van der Waals surface area contributed by atoms with Crippen molar-refractivity contribution in [2.24, 2.45) is 11.8 Å². The average molecular weight is 273 g/mol. The molecule has 1 aliphatic heterocycles. The number of fused-ring (bicyclic) bond motifs is 1. The van der Waals surface area contributed by atoms with E-state index in [4.69, 9.17) is 0 Å². The standard InChI is InChI=1S/C15H19N3O2/c19-14-10-5-1-2-6-12(10)17-9-11(14)15(20)18-13-7-3-4-8-16-13/h3-4,7-8,10-12,17H,1-2,5-6,9H2,(H,16,18,20). The van der Waals surface area contributed by atoms with Crippen molar-refractivity contribution in [2.75, 3.05) is 11.9 Å². The first kappa shape index (κ1) is 13.2. The summed E-state index contributed by atoms with van der Waals surface area (Å²) in [6, 6.07) is 5.59. The number of hydrogen-bond acceptors (Lipinski definition) is 4. The van der Waals surface area contributed by atoms with Gasteiger partial charge in [-0.25, -0.2) is 4.98 Å². The third-order valence-corrected chi connectivity index (χ3v) is 4.29. The van der Waals surface area contributed by atoms with Crippen LogP contribution in [0.3, 0.4) is 0 Å². The lowest BCUT2D eigenvalue weighted by Gasteiger charge is -2.38. The number of pyridine rings is 1. The molecule has 106 valence electrons. The Bertz CT molecular complexity index is 503. The van der Waals surface area contributed by atoms with Crippen LogP contribution in [0.4, 0.5) is 5.82 Å². The minimum Gasteiger partial charge on any atom is -0.312 e. The van der Waals surface area contributed by atoms with Gasteiger partial charge < -0.3 is 10.6 Å². The number of ketones is 1. The molecule has 0 bridgehead atoms. The summed E-state index contributed by atoms with van der Waals surface area (Å²) in [4.78, 5) is 28.8. The Morgan fingerprint density at radius 1 is 1.30 bits per heavy atom. The summed E-state index contributed by atoms with van der Waals surface area (Å²) in [5, 5.41) is 6.09. The molecule has 2 N–H and O–H groups in total. The van der Waals surface area contributed by atoms with Crippen molar-refractivity contribution in [1.29, 1.82) is 0 Å². The lowest BCUT2D eigenvalue weighted by molar-refractivity contribution is -0.137. The Morgan fingerprint density at radius 2 is 2.15 bits per heavy atom. The van der Waals surface area contributed by atoms with E-state index in [0.29, 0.717) is 12.4 Å². The van der Waals surface area contributed by atoms with Crippen LogP contribution in [-0.2, 0) is 9.59 Å². The summed E-state index contributed by atoms with van der Waals surface area (Å²) in [7, 11) is 0. The molecule has 5 nitrogen and oxygen atoms in total. The fourth-order valence-corrected chi connectivity index (χ4v) is 3.22. The van der Waals surface area contributed by atoms with E-state index in [9.17, 15) is 9.59 Å². The van der Waals surface area contributed by atoms with Gasteiger partial charge in [0, 0.05) is 24.7 Å². The van der Waals surface area contributed by atoms with Crippen LogP contribution in [0.1, 0.15) is 25.7 Å². The molecule has 1 amide bonds. The van der Waals surface area contributed by atoms with Gasteiger partial charge in [-0.2, -0.15) is 0 Å². The Labute approximate surface area is 118 Å². The van der Waals surface area contributed by atoms with Crippen molar-refractivity contribution in [1.82, 2.24) is 10.3 Å². The Morgan fingerprint density at radius 3 is 2.95 bits per heavy atom. The van der Waals surface area contributed by atoms with E-state index in [1.165, 1.54) is 6.42 Å².